The van der Waals surface area contributed by atoms with Crippen LogP contribution in [0.3, 0.4) is 0 Å². The third kappa shape index (κ3) is 6.76. The van der Waals surface area contributed by atoms with E-state index in [1.165, 1.54) is 0 Å². The van der Waals surface area contributed by atoms with Gasteiger partial charge in [-0.1, -0.05) is 0 Å². The van der Waals surface area contributed by atoms with E-state index in [1.54, 1.807) is 0 Å². The lowest BCUT2D eigenvalue weighted by Gasteiger charge is -2.19. The summed E-state index contributed by atoms with van der Waals surface area (Å²) in [5, 5.41) is 9.59. The zero-order valence-electron chi connectivity index (χ0n) is 11.8. The topological polar surface area (TPSA) is 106 Å². The smallest absolute Gasteiger partial charge is 0.407 e. The first-order valence-corrected chi connectivity index (χ1v) is 6.48. The standard InChI is InChI=1S/C12H23N5O2/c1-12(2,3)19-11(18)14-8-6-10-15-9(16-17-10)5-4-7-13/h4-8,13H2,1-3H3,(H,14,18)(H,15,16,17). The highest BCUT2D eigenvalue weighted by atomic mass is 16.6. The second-order valence-electron chi connectivity index (χ2n) is 5.27. The Balaban J connectivity index is 2.25. The molecular weight excluding hydrogens is 246 g/mol. The molecule has 1 aromatic heterocycles. The summed E-state index contributed by atoms with van der Waals surface area (Å²) in [4.78, 5) is 15.7. The third-order valence-corrected chi connectivity index (χ3v) is 2.21. The maximum atomic E-state index is 11.4. The Hall–Kier alpha value is -1.63. The van der Waals surface area contributed by atoms with Gasteiger partial charge in [0.1, 0.15) is 11.4 Å². The highest BCUT2D eigenvalue weighted by Gasteiger charge is 2.15. The van der Waals surface area contributed by atoms with Gasteiger partial charge in [0, 0.05) is 19.4 Å². The molecule has 1 amide bonds. The van der Waals surface area contributed by atoms with E-state index >= 15 is 0 Å². The van der Waals surface area contributed by atoms with E-state index in [2.05, 4.69) is 20.5 Å². The Morgan fingerprint density at radius 1 is 1.42 bits per heavy atom. The van der Waals surface area contributed by atoms with Crippen LogP contribution in [-0.2, 0) is 17.6 Å². The number of nitrogens with one attached hydrogen (secondary N) is 2. The molecule has 7 nitrogen and oxygen atoms in total. The summed E-state index contributed by atoms with van der Waals surface area (Å²) < 4.78 is 5.12. The molecule has 108 valence electrons. The van der Waals surface area contributed by atoms with Crippen molar-refractivity contribution in [3.63, 3.8) is 0 Å². The molecule has 0 unspecified atom stereocenters. The van der Waals surface area contributed by atoms with Gasteiger partial charge >= 0.3 is 6.09 Å². The predicted octanol–water partition coefficient (Wildman–Crippen LogP) is 0.763. The van der Waals surface area contributed by atoms with E-state index in [0.717, 1.165) is 18.7 Å². The van der Waals surface area contributed by atoms with Crippen LogP contribution in [0.1, 0.15) is 38.8 Å². The molecule has 0 aliphatic heterocycles. The second kappa shape index (κ2) is 7.08. The van der Waals surface area contributed by atoms with Gasteiger partial charge < -0.3 is 15.8 Å². The molecule has 19 heavy (non-hydrogen) atoms. The molecular formula is C12H23N5O2. The molecule has 7 heteroatoms. The lowest BCUT2D eigenvalue weighted by Crippen LogP contribution is -2.33. The first kappa shape index (κ1) is 15.4. The van der Waals surface area contributed by atoms with Crippen molar-refractivity contribution in [1.82, 2.24) is 20.5 Å². The molecule has 0 saturated carbocycles. The largest absolute Gasteiger partial charge is 0.444 e. The first-order valence-electron chi connectivity index (χ1n) is 6.48. The van der Waals surface area contributed by atoms with Gasteiger partial charge in [0.25, 0.3) is 0 Å². The number of nitrogens with two attached hydrogens (primary N) is 1. The molecule has 1 aromatic rings. The average molecular weight is 269 g/mol. The van der Waals surface area contributed by atoms with Crippen LogP contribution < -0.4 is 11.1 Å². The Kier molecular flexibility index (Phi) is 5.75. The van der Waals surface area contributed by atoms with Crippen LogP contribution in [0.5, 0.6) is 0 Å². The van der Waals surface area contributed by atoms with E-state index in [0.29, 0.717) is 25.3 Å². The van der Waals surface area contributed by atoms with Crippen molar-refractivity contribution in [3.8, 4) is 0 Å². The van der Waals surface area contributed by atoms with Gasteiger partial charge in [-0.3, -0.25) is 5.10 Å². The quantitative estimate of drug-likeness (QED) is 0.707. The maximum absolute atomic E-state index is 11.4. The van der Waals surface area contributed by atoms with Crippen LogP contribution in [0.2, 0.25) is 0 Å². The summed E-state index contributed by atoms with van der Waals surface area (Å²) in [5.74, 6) is 1.51. The van der Waals surface area contributed by atoms with Crippen LogP contribution in [0, 0.1) is 0 Å². The van der Waals surface area contributed by atoms with E-state index in [4.69, 9.17) is 10.5 Å². The SMILES string of the molecule is CC(C)(C)OC(=O)NCCc1n[nH]c(CCCN)n1. The number of aromatic nitrogens is 3. The van der Waals surface area contributed by atoms with Crippen molar-refractivity contribution < 1.29 is 9.53 Å². The monoisotopic (exact) mass is 269 g/mol. The van der Waals surface area contributed by atoms with Crippen LogP contribution in [-0.4, -0.2) is 40.0 Å². The van der Waals surface area contributed by atoms with Gasteiger partial charge in [-0.05, 0) is 33.7 Å². The molecule has 0 aromatic carbocycles. The molecule has 0 fully saturated rings. The van der Waals surface area contributed by atoms with Crippen LogP contribution in [0.4, 0.5) is 4.79 Å². The molecule has 0 saturated heterocycles. The molecule has 0 aliphatic carbocycles. The van der Waals surface area contributed by atoms with E-state index in [-0.39, 0.29) is 0 Å². The van der Waals surface area contributed by atoms with Gasteiger partial charge in [-0.25, -0.2) is 9.78 Å². The lowest BCUT2D eigenvalue weighted by atomic mass is 10.2. The molecule has 0 radical (unpaired) electrons. The normalized spacial score (nSPS) is 11.4. The van der Waals surface area contributed by atoms with E-state index in [1.807, 2.05) is 20.8 Å². The number of rotatable bonds is 6. The lowest BCUT2D eigenvalue weighted by molar-refractivity contribution is 0.0528. The number of H-pyrrole nitrogens is 1. The van der Waals surface area contributed by atoms with Crippen molar-refractivity contribution in [3.05, 3.63) is 11.6 Å². The molecule has 4 N–H and O–H groups in total. The number of carbonyl (C=O) groups excluding carboxylic acids is 1. The van der Waals surface area contributed by atoms with Crippen LogP contribution in [0.25, 0.3) is 0 Å². The highest BCUT2D eigenvalue weighted by Crippen LogP contribution is 2.06. The Labute approximate surface area is 113 Å². The maximum Gasteiger partial charge on any atom is 0.407 e. The van der Waals surface area contributed by atoms with Gasteiger partial charge in [-0.2, -0.15) is 5.10 Å². The summed E-state index contributed by atoms with van der Waals surface area (Å²) in [6.45, 7) is 6.56. The number of amides is 1. The minimum absolute atomic E-state index is 0.425. The molecule has 0 aliphatic rings. The van der Waals surface area contributed by atoms with E-state index in [9.17, 15) is 4.79 Å². The summed E-state index contributed by atoms with van der Waals surface area (Å²) in [7, 11) is 0. The molecule has 1 rings (SSSR count). The fraction of sp³-hybridized carbons (Fsp3) is 0.750. The fourth-order valence-corrected chi connectivity index (χ4v) is 1.42. The number of hydrogen-bond donors (Lipinski definition) is 3. The average Bonchev–Trinajstić information content (AvgIpc) is 2.72. The summed E-state index contributed by atoms with van der Waals surface area (Å²) in [6.07, 6.45) is 1.82. The van der Waals surface area contributed by atoms with Gasteiger partial charge in [0.15, 0.2) is 5.82 Å². The summed E-state index contributed by atoms with van der Waals surface area (Å²) in [6, 6.07) is 0. The number of aryl methyl sites for hydroxylation is 1. The molecule has 0 spiro atoms. The number of carbonyl (C=O) groups is 1. The van der Waals surface area contributed by atoms with Crippen molar-refractivity contribution in [2.45, 2.75) is 45.6 Å². The number of ether oxygens (including phenoxy) is 1. The van der Waals surface area contributed by atoms with Crippen molar-refractivity contribution in [1.29, 1.82) is 0 Å². The Morgan fingerprint density at radius 3 is 2.79 bits per heavy atom. The first-order chi connectivity index (χ1) is 8.90. The predicted molar refractivity (Wildman–Crippen MR) is 71.7 cm³/mol. The van der Waals surface area contributed by atoms with E-state index < -0.39 is 11.7 Å². The van der Waals surface area contributed by atoms with Gasteiger partial charge in [0.2, 0.25) is 0 Å². The van der Waals surface area contributed by atoms with Crippen LogP contribution >= 0.6 is 0 Å². The Morgan fingerprint density at radius 2 is 2.16 bits per heavy atom. The third-order valence-electron chi connectivity index (χ3n) is 2.21. The molecule has 0 bridgehead atoms. The van der Waals surface area contributed by atoms with Crippen molar-refractivity contribution in [2.75, 3.05) is 13.1 Å². The highest BCUT2D eigenvalue weighted by molar-refractivity contribution is 5.67. The second-order valence-corrected chi connectivity index (χ2v) is 5.27. The number of aromatic amines is 1. The van der Waals surface area contributed by atoms with Gasteiger partial charge in [0.05, 0.1) is 0 Å². The Bertz CT molecular complexity index is 397. The fourth-order valence-electron chi connectivity index (χ4n) is 1.42. The van der Waals surface area contributed by atoms with Crippen molar-refractivity contribution >= 4 is 6.09 Å². The van der Waals surface area contributed by atoms with Crippen LogP contribution in [0.15, 0.2) is 0 Å². The zero-order chi connectivity index (χ0) is 14.3. The minimum Gasteiger partial charge on any atom is -0.444 e. The van der Waals surface area contributed by atoms with Crippen molar-refractivity contribution in [2.24, 2.45) is 5.73 Å². The minimum atomic E-state index is -0.482. The summed E-state index contributed by atoms with van der Waals surface area (Å²) >= 11 is 0. The summed E-state index contributed by atoms with van der Waals surface area (Å²) in [5.41, 5.74) is 4.94. The number of alkyl carbamates (subject to hydrolysis) is 1. The molecule has 1 heterocycles. The number of nitrogens with zero attached hydrogens (tertiary/aromatic N) is 2. The van der Waals surface area contributed by atoms with Gasteiger partial charge in [-0.15, -0.1) is 0 Å². The number of hydrogen-bond acceptors (Lipinski definition) is 5. The molecule has 0 atom stereocenters. The zero-order valence-corrected chi connectivity index (χ0v) is 11.8.